The molecule has 3 heteroatoms. The average molecular weight is 194 g/mol. The molecular formula is C11H15FN2. The van der Waals surface area contributed by atoms with E-state index in [9.17, 15) is 4.39 Å². The van der Waals surface area contributed by atoms with Gasteiger partial charge < -0.3 is 11.1 Å². The Balaban J connectivity index is 2.96. The van der Waals surface area contributed by atoms with Crippen molar-refractivity contribution in [1.82, 2.24) is 5.32 Å². The molecule has 0 heterocycles. The van der Waals surface area contributed by atoms with Gasteiger partial charge in [-0.05, 0) is 37.2 Å². The average Bonchev–Trinajstić information content (AvgIpc) is 2.13. The molecule has 0 amide bonds. The molecule has 0 saturated heterocycles. The zero-order valence-corrected chi connectivity index (χ0v) is 8.47. The fraction of sp³-hybridized carbons (Fsp3) is 0.273. The van der Waals surface area contributed by atoms with Crippen molar-refractivity contribution in [3.05, 3.63) is 35.2 Å². The number of rotatable bonds is 3. The van der Waals surface area contributed by atoms with Gasteiger partial charge in [0.05, 0.1) is 0 Å². The van der Waals surface area contributed by atoms with Crippen molar-refractivity contribution in [2.75, 3.05) is 19.3 Å². The van der Waals surface area contributed by atoms with Crippen molar-refractivity contribution >= 4 is 11.8 Å². The molecule has 0 fully saturated rings. The van der Waals surface area contributed by atoms with Crippen LogP contribution in [0.25, 0.3) is 6.08 Å². The van der Waals surface area contributed by atoms with Crippen molar-refractivity contribution in [3.63, 3.8) is 0 Å². The second-order valence-electron chi connectivity index (χ2n) is 3.17. The van der Waals surface area contributed by atoms with Crippen molar-refractivity contribution in [2.24, 2.45) is 0 Å². The minimum absolute atomic E-state index is 0.294. The summed E-state index contributed by atoms with van der Waals surface area (Å²) in [5, 5.41) is 2.97. The number of nitrogens with two attached hydrogens (primary N) is 1. The molecule has 1 aromatic rings. The normalized spacial score (nSPS) is 11.1. The number of likely N-dealkylation sites (N-methyl/N-ethyl adjacent to an activating group) is 1. The van der Waals surface area contributed by atoms with E-state index >= 15 is 0 Å². The summed E-state index contributed by atoms with van der Waals surface area (Å²) in [5.41, 5.74) is 7.88. The molecule has 1 rings (SSSR count). The highest BCUT2D eigenvalue weighted by Crippen LogP contribution is 2.19. The Hall–Kier alpha value is -1.35. The predicted molar refractivity (Wildman–Crippen MR) is 58.5 cm³/mol. The first-order valence-electron chi connectivity index (χ1n) is 4.52. The van der Waals surface area contributed by atoms with Crippen molar-refractivity contribution in [3.8, 4) is 0 Å². The Morgan fingerprint density at radius 3 is 2.86 bits per heavy atom. The zero-order chi connectivity index (χ0) is 10.6. The molecule has 0 bridgehead atoms. The van der Waals surface area contributed by atoms with Gasteiger partial charge in [0, 0.05) is 12.2 Å². The third-order valence-electron chi connectivity index (χ3n) is 2.07. The van der Waals surface area contributed by atoms with Crippen LogP contribution in [0, 0.1) is 12.7 Å². The van der Waals surface area contributed by atoms with Crippen LogP contribution >= 0.6 is 0 Å². The summed E-state index contributed by atoms with van der Waals surface area (Å²) in [7, 11) is 1.86. The molecule has 0 unspecified atom stereocenters. The first-order valence-corrected chi connectivity index (χ1v) is 4.52. The van der Waals surface area contributed by atoms with Gasteiger partial charge in [-0.2, -0.15) is 0 Å². The van der Waals surface area contributed by atoms with Gasteiger partial charge in [-0.25, -0.2) is 4.39 Å². The van der Waals surface area contributed by atoms with Gasteiger partial charge in [0.2, 0.25) is 0 Å². The number of hydrogen-bond donors (Lipinski definition) is 2. The molecule has 0 aromatic heterocycles. The summed E-state index contributed by atoms with van der Waals surface area (Å²) in [5.74, 6) is -0.294. The number of nitrogens with one attached hydrogen (secondary N) is 1. The summed E-state index contributed by atoms with van der Waals surface area (Å²) in [6.45, 7) is 2.64. The molecule has 0 aliphatic carbocycles. The second-order valence-corrected chi connectivity index (χ2v) is 3.17. The van der Waals surface area contributed by atoms with Crippen LogP contribution in [-0.4, -0.2) is 13.6 Å². The standard InChI is InChI=1S/C11H15FN2/c1-8-9(4-3-5-14-2)6-10(12)7-11(8)13/h3-4,6-7,14H,5,13H2,1-2H3. The van der Waals surface area contributed by atoms with E-state index in [4.69, 9.17) is 5.73 Å². The van der Waals surface area contributed by atoms with Gasteiger partial charge in [0.1, 0.15) is 5.82 Å². The van der Waals surface area contributed by atoms with Crippen LogP contribution in [0.15, 0.2) is 18.2 Å². The van der Waals surface area contributed by atoms with Crippen LogP contribution in [0.4, 0.5) is 10.1 Å². The quantitative estimate of drug-likeness (QED) is 0.722. The molecule has 1 aromatic carbocycles. The van der Waals surface area contributed by atoms with Crippen molar-refractivity contribution in [2.45, 2.75) is 6.92 Å². The third-order valence-corrected chi connectivity index (χ3v) is 2.07. The highest BCUT2D eigenvalue weighted by Gasteiger charge is 2.01. The molecule has 2 nitrogen and oxygen atoms in total. The van der Waals surface area contributed by atoms with Gasteiger partial charge in [-0.1, -0.05) is 12.2 Å². The molecule has 0 saturated carbocycles. The maximum atomic E-state index is 13.0. The summed E-state index contributed by atoms with van der Waals surface area (Å²) in [6, 6.07) is 2.82. The third kappa shape index (κ3) is 2.57. The van der Waals surface area contributed by atoms with Crippen LogP contribution in [0.3, 0.4) is 0 Å². The number of benzene rings is 1. The Morgan fingerprint density at radius 1 is 1.50 bits per heavy atom. The van der Waals surface area contributed by atoms with E-state index in [1.165, 1.54) is 12.1 Å². The van der Waals surface area contributed by atoms with E-state index in [0.29, 0.717) is 5.69 Å². The molecule has 0 spiro atoms. The Bertz CT molecular complexity index is 345. The smallest absolute Gasteiger partial charge is 0.125 e. The van der Waals surface area contributed by atoms with Gasteiger partial charge in [-0.3, -0.25) is 0 Å². The lowest BCUT2D eigenvalue weighted by molar-refractivity contribution is 0.628. The lowest BCUT2D eigenvalue weighted by Gasteiger charge is -2.04. The summed E-state index contributed by atoms with van der Waals surface area (Å²) in [4.78, 5) is 0. The molecule has 0 atom stereocenters. The van der Waals surface area contributed by atoms with E-state index in [1.807, 2.05) is 26.1 Å². The maximum absolute atomic E-state index is 13.0. The lowest BCUT2D eigenvalue weighted by atomic mass is 10.1. The zero-order valence-electron chi connectivity index (χ0n) is 8.47. The minimum Gasteiger partial charge on any atom is -0.398 e. The fourth-order valence-electron chi connectivity index (χ4n) is 1.20. The first-order chi connectivity index (χ1) is 6.65. The second kappa shape index (κ2) is 4.77. The van der Waals surface area contributed by atoms with Gasteiger partial charge in [0.15, 0.2) is 0 Å². The van der Waals surface area contributed by atoms with Crippen molar-refractivity contribution in [1.29, 1.82) is 0 Å². The molecule has 0 aliphatic rings. The number of halogens is 1. The number of anilines is 1. The molecule has 14 heavy (non-hydrogen) atoms. The van der Waals surface area contributed by atoms with Gasteiger partial charge in [-0.15, -0.1) is 0 Å². The van der Waals surface area contributed by atoms with E-state index in [1.54, 1.807) is 0 Å². The Morgan fingerprint density at radius 2 is 2.21 bits per heavy atom. The van der Waals surface area contributed by atoms with Crippen LogP contribution in [0.1, 0.15) is 11.1 Å². The topological polar surface area (TPSA) is 38.0 Å². The molecule has 76 valence electrons. The monoisotopic (exact) mass is 194 g/mol. The summed E-state index contributed by atoms with van der Waals surface area (Å²) < 4.78 is 13.0. The van der Waals surface area contributed by atoms with Crippen LogP contribution < -0.4 is 11.1 Å². The van der Waals surface area contributed by atoms with Gasteiger partial charge in [0.25, 0.3) is 0 Å². The summed E-state index contributed by atoms with van der Waals surface area (Å²) >= 11 is 0. The molecule has 3 N–H and O–H groups in total. The molecular weight excluding hydrogens is 179 g/mol. The first kappa shape index (κ1) is 10.7. The van der Waals surface area contributed by atoms with E-state index in [2.05, 4.69) is 5.32 Å². The molecule has 0 aliphatic heterocycles. The number of hydrogen-bond acceptors (Lipinski definition) is 2. The highest BCUT2D eigenvalue weighted by molar-refractivity contribution is 5.62. The van der Waals surface area contributed by atoms with Gasteiger partial charge >= 0.3 is 0 Å². The largest absolute Gasteiger partial charge is 0.398 e. The van der Waals surface area contributed by atoms with E-state index in [0.717, 1.165) is 17.7 Å². The van der Waals surface area contributed by atoms with Crippen LogP contribution in [0.5, 0.6) is 0 Å². The molecule has 0 radical (unpaired) electrons. The van der Waals surface area contributed by atoms with E-state index < -0.39 is 0 Å². The lowest BCUT2D eigenvalue weighted by Crippen LogP contribution is -2.03. The Labute approximate surface area is 83.6 Å². The number of nitrogen functional groups attached to an aromatic ring is 1. The van der Waals surface area contributed by atoms with Crippen LogP contribution in [-0.2, 0) is 0 Å². The van der Waals surface area contributed by atoms with Crippen LogP contribution in [0.2, 0.25) is 0 Å². The fourth-order valence-corrected chi connectivity index (χ4v) is 1.20. The minimum atomic E-state index is -0.294. The van der Waals surface area contributed by atoms with Crippen molar-refractivity contribution < 1.29 is 4.39 Å². The predicted octanol–water partition coefficient (Wildman–Crippen LogP) is 1.95. The summed E-state index contributed by atoms with van der Waals surface area (Å²) in [6.07, 6.45) is 3.80. The van der Waals surface area contributed by atoms with E-state index in [-0.39, 0.29) is 5.82 Å². The highest BCUT2D eigenvalue weighted by atomic mass is 19.1. The Kier molecular flexibility index (Phi) is 3.65. The SMILES string of the molecule is CNCC=Cc1cc(F)cc(N)c1C. The maximum Gasteiger partial charge on any atom is 0.125 e.